The molecule has 3 atom stereocenters. The van der Waals surface area contributed by atoms with Crippen LogP contribution >= 0.6 is 11.3 Å². The molecule has 4 aromatic rings. The third-order valence-corrected chi connectivity index (χ3v) is 11.8. The summed E-state index contributed by atoms with van der Waals surface area (Å²) >= 11 is 1.51. The smallest absolute Gasteiger partial charge is 0.265 e. The van der Waals surface area contributed by atoms with Crippen molar-refractivity contribution in [1.29, 1.82) is 5.26 Å². The topological polar surface area (TPSA) is 126 Å². The number of fused-ring (bicyclic) bond motifs is 5. The van der Waals surface area contributed by atoms with Crippen molar-refractivity contribution in [2.75, 3.05) is 37.3 Å². The molecule has 236 valence electrons. The molecular formula is C32H37F2N9OS. The summed E-state index contributed by atoms with van der Waals surface area (Å²) in [5.41, 5.74) is 9.53. The number of nitrogens with two attached hydrogens (primary N) is 1. The highest BCUT2D eigenvalue weighted by Gasteiger charge is 2.49. The molecule has 0 bridgehead atoms. The predicted molar refractivity (Wildman–Crippen MR) is 168 cm³/mol. The molecule has 2 saturated heterocycles. The number of nitriles is 1. The van der Waals surface area contributed by atoms with Crippen molar-refractivity contribution in [3.8, 4) is 17.6 Å². The van der Waals surface area contributed by atoms with E-state index in [-0.39, 0.29) is 12.5 Å². The van der Waals surface area contributed by atoms with Crippen LogP contribution in [0.15, 0.2) is 10.7 Å². The van der Waals surface area contributed by atoms with Gasteiger partial charge in [-0.1, -0.05) is 5.16 Å². The van der Waals surface area contributed by atoms with E-state index in [0.717, 1.165) is 79.7 Å². The van der Waals surface area contributed by atoms with Gasteiger partial charge in [0.15, 0.2) is 22.9 Å². The molecule has 1 spiro atoms. The summed E-state index contributed by atoms with van der Waals surface area (Å²) in [7, 11) is 2.13. The zero-order valence-electron chi connectivity index (χ0n) is 25.7. The van der Waals surface area contributed by atoms with Crippen molar-refractivity contribution in [2.45, 2.75) is 94.6 Å². The lowest BCUT2D eigenvalue weighted by Crippen LogP contribution is -2.43. The first kappa shape index (κ1) is 28.8. The molecule has 0 saturated carbocycles. The van der Waals surface area contributed by atoms with Gasteiger partial charge in [-0.2, -0.15) is 10.4 Å². The Hall–Kier alpha value is -3.63. The fourth-order valence-corrected chi connectivity index (χ4v) is 9.79. The lowest BCUT2D eigenvalue weighted by molar-refractivity contribution is -0.0117. The van der Waals surface area contributed by atoms with Gasteiger partial charge >= 0.3 is 0 Å². The Balaban J connectivity index is 1.30. The van der Waals surface area contributed by atoms with E-state index in [4.69, 9.17) is 25.3 Å². The molecule has 2 aliphatic carbocycles. The second kappa shape index (κ2) is 10.5. The van der Waals surface area contributed by atoms with Crippen LogP contribution in [0.5, 0.6) is 0 Å². The number of nitrogens with zero attached hydrogens (tertiary/aromatic N) is 8. The van der Waals surface area contributed by atoms with Crippen LogP contribution in [0.1, 0.15) is 91.7 Å². The number of halogens is 2. The Bertz CT molecular complexity index is 1840. The van der Waals surface area contributed by atoms with E-state index in [9.17, 15) is 14.0 Å². The van der Waals surface area contributed by atoms with Gasteiger partial charge in [-0.05, 0) is 83.9 Å². The zero-order chi connectivity index (χ0) is 31.1. The minimum Gasteiger partial charge on any atom is -0.389 e. The van der Waals surface area contributed by atoms with Gasteiger partial charge in [-0.25, -0.2) is 23.4 Å². The van der Waals surface area contributed by atoms with Crippen LogP contribution in [0, 0.1) is 11.3 Å². The first-order valence-electron chi connectivity index (χ1n) is 16.1. The maximum atomic E-state index is 14.7. The van der Waals surface area contributed by atoms with Gasteiger partial charge in [0.05, 0.1) is 35.1 Å². The lowest BCUT2D eigenvalue weighted by Gasteiger charge is -2.39. The quantitative estimate of drug-likeness (QED) is 0.295. The van der Waals surface area contributed by atoms with Crippen LogP contribution in [0.25, 0.3) is 22.6 Å². The molecule has 0 amide bonds. The number of likely N-dealkylation sites (N-methyl/N-ethyl adjacent to an activating group) is 1. The Kier molecular flexibility index (Phi) is 6.69. The van der Waals surface area contributed by atoms with E-state index >= 15 is 0 Å². The lowest BCUT2D eigenvalue weighted by atomic mass is 9.63. The van der Waals surface area contributed by atoms with Gasteiger partial charge in [0.2, 0.25) is 0 Å². The number of likely N-dealkylation sites (tertiary alicyclic amines) is 1. The molecule has 2 fully saturated rings. The number of thiophene rings is 1. The second-order valence-corrected chi connectivity index (χ2v) is 14.5. The number of hydrogen-bond acceptors (Lipinski definition) is 10. The highest BCUT2D eigenvalue weighted by atomic mass is 32.1. The van der Waals surface area contributed by atoms with Gasteiger partial charge in [0, 0.05) is 29.4 Å². The van der Waals surface area contributed by atoms with Crippen molar-refractivity contribution in [2.24, 2.45) is 0 Å². The second-order valence-electron chi connectivity index (χ2n) is 13.4. The number of piperidine rings is 1. The average molecular weight is 634 g/mol. The van der Waals surface area contributed by atoms with Gasteiger partial charge < -0.3 is 20.1 Å². The Morgan fingerprint density at radius 1 is 1.13 bits per heavy atom. The summed E-state index contributed by atoms with van der Waals surface area (Å²) in [6.45, 7) is 3.26. The van der Waals surface area contributed by atoms with E-state index in [0.29, 0.717) is 57.9 Å². The third kappa shape index (κ3) is 4.39. The molecule has 4 aliphatic rings. The van der Waals surface area contributed by atoms with Gasteiger partial charge in [0.25, 0.3) is 5.92 Å². The van der Waals surface area contributed by atoms with Crippen LogP contribution in [-0.2, 0) is 18.3 Å². The molecule has 2 aliphatic heterocycles. The monoisotopic (exact) mass is 633 g/mol. The highest BCUT2D eigenvalue weighted by Crippen LogP contribution is 2.55. The maximum absolute atomic E-state index is 14.7. The molecule has 0 aromatic carbocycles. The number of anilines is 2. The molecule has 10 nitrogen and oxygen atoms in total. The molecule has 0 radical (unpaired) electrons. The minimum absolute atomic E-state index is 0.0250. The van der Waals surface area contributed by atoms with E-state index in [1.807, 2.05) is 4.68 Å². The van der Waals surface area contributed by atoms with E-state index in [1.54, 1.807) is 11.1 Å². The Labute approximate surface area is 264 Å². The largest absolute Gasteiger partial charge is 0.389 e. The molecule has 3 unspecified atom stereocenters. The summed E-state index contributed by atoms with van der Waals surface area (Å²) in [6.07, 6.45) is 9.33. The van der Waals surface area contributed by atoms with Crippen LogP contribution < -0.4 is 10.6 Å². The van der Waals surface area contributed by atoms with Crippen molar-refractivity contribution in [3.05, 3.63) is 33.5 Å². The van der Waals surface area contributed by atoms with Crippen molar-refractivity contribution in [1.82, 2.24) is 29.8 Å². The molecule has 45 heavy (non-hydrogen) atoms. The third-order valence-electron chi connectivity index (χ3n) is 10.7. The predicted octanol–water partition coefficient (Wildman–Crippen LogP) is 5.85. The van der Waals surface area contributed by atoms with Crippen LogP contribution in [0.2, 0.25) is 0 Å². The highest BCUT2D eigenvalue weighted by molar-refractivity contribution is 7.16. The normalized spacial score (nSPS) is 25.4. The molecule has 6 heterocycles. The van der Waals surface area contributed by atoms with Crippen LogP contribution in [0.3, 0.4) is 0 Å². The van der Waals surface area contributed by atoms with Crippen LogP contribution in [-0.4, -0.2) is 68.5 Å². The number of rotatable bonds is 4. The van der Waals surface area contributed by atoms with E-state index < -0.39 is 17.9 Å². The standard InChI is InChI=1S/C32H37F2N9OS/c1-18(22-8-5-13-41(22)2)43-30-21(16-37-43)29(42-14-6-12-32(33,34)17-42)38-28(39-30)25-19-7-3-10-31(26(19)44-40-25)11-4-9-23-24(31)20(15-35)27(36)45-23/h16,18,22H,3-14,17,36H2,1-2H3. The van der Waals surface area contributed by atoms with E-state index in [2.05, 4.69) is 30.1 Å². The average Bonchev–Trinajstić information content (AvgIpc) is 3.81. The molecule has 4 aromatic heterocycles. The SMILES string of the molecule is CC(C1CCCN1C)n1ncc2c(N3CCCC(F)(F)C3)nc(-c3noc4c3CCCC43CCCc4sc(N)c(C#N)c43)nc21. The summed E-state index contributed by atoms with van der Waals surface area (Å²) in [4.78, 5) is 15.2. The number of alkyl halides is 2. The summed E-state index contributed by atoms with van der Waals surface area (Å²) in [5.74, 6) is -1.20. The molecule has 2 N–H and O–H groups in total. The molecule has 13 heteroatoms. The summed E-state index contributed by atoms with van der Waals surface area (Å²) in [5, 5.41) is 20.7. The Morgan fingerprint density at radius 2 is 1.96 bits per heavy atom. The van der Waals surface area contributed by atoms with Gasteiger partial charge in [0.1, 0.15) is 16.9 Å². The van der Waals surface area contributed by atoms with E-state index in [1.165, 1.54) is 11.3 Å². The minimum atomic E-state index is -2.80. The summed E-state index contributed by atoms with van der Waals surface area (Å²) < 4.78 is 37.7. The number of aryl methyl sites for hydroxylation is 1. The van der Waals surface area contributed by atoms with Crippen molar-refractivity contribution < 1.29 is 13.3 Å². The first-order valence-corrected chi connectivity index (χ1v) is 16.9. The number of aromatic nitrogens is 5. The molecular weight excluding hydrogens is 596 g/mol. The van der Waals surface area contributed by atoms with Crippen molar-refractivity contribution in [3.63, 3.8) is 0 Å². The van der Waals surface area contributed by atoms with Gasteiger partial charge in [-0.15, -0.1) is 11.3 Å². The van der Waals surface area contributed by atoms with Gasteiger partial charge in [-0.3, -0.25) is 0 Å². The fraction of sp³-hybridized carbons (Fsp3) is 0.594. The van der Waals surface area contributed by atoms with Crippen LogP contribution in [0.4, 0.5) is 19.6 Å². The Morgan fingerprint density at radius 3 is 2.71 bits per heavy atom. The maximum Gasteiger partial charge on any atom is 0.265 e. The van der Waals surface area contributed by atoms with Crippen molar-refractivity contribution >= 4 is 33.2 Å². The number of hydrogen-bond donors (Lipinski definition) is 1. The fourth-order valence-electron chi connectivity index (χ4n) is 8.63. The first-order chi connectivity index (χ1) is 21.7. The summed E-state index contributed by atoms with van der Waals surface area (Å²) in [6, 6.07) is 2.69. The number of nitrogen functional groups attached to an aromatic ring is 1. The zero-order valence-corrected chi connectivity index (χ0v) is 26.5. The molecule has 8 rings (SSSR count).